The Kier molecular flexibility index (Phi) is 4.91. The van der Waals surface area contributed by atoms with E-state index in [0.717, 1.165) is 0 Å². The summed E-state index contributed by atoms with van der Waals surface area (Å²) in [5, 5.41) is 0. The van der Waals surface area contributed by atoms with E-state index in [9.17, 15) is 4.79 Å². The summed E-state index contributed by atoms with van der Waals surface area (Å²) >= 11 is 0. The van der Waals surface area contributed by atoms with Gasteiger partial charge in [-0.25, -0.2) is 0 Å². The van der Waals surface area contributed by atoms with Gasteiger partial charge >= 0.3 is 0 Å². The molecule has 0 aliphatic rings. The number of hydrogen-bond acceptors (Lipinski definition) is 2. The summed E-state index contributed by atoms with van der Waals surface area (Å²) < 4.78 is 0. The summed E-state index contributed by atoms with van der Waals surface area (Å²) in [6.07, 6.45) is 0. The number of benzene rings is 1. The highest BCUT2D eigenvalue weighted by molar-refractivity contribution is 5.80. The van der Waals surface area contributed by atoms with Crippen LogP contribution < -0.4 is 5.73 Å². The van der Waals surface area contributed by atoms with Crippen LogP contribution in [-0.2, 0) is 11.3 Å². The van der Waals surface area contributed by atoms with E-state index in [1.165, 1.54) is 16.7 Å². The Morgan fingerprint density at radius 1 is 1.33 bits per heavy atom. The molecule has 0 aliphatic heterocycles. The van der Waals surface area contributed by atoms with Crippen LogP contribution >= 0.6 is 0 Å². The van der Waals surface area contributed by atoms with Crippen LogP contribution in [0.5, 0.6) is 0 Å². The van der Waals surface area contributed by atoms with Crippen LogP contribution in [0.1, 0.15) is 43.4 Å². The van der Waals surface area contributed by atoms with E-state index in [0.29, 0.717) is 12.5 Å². The summed E-state index contributed by atoms with van der Waals surface area (Å²) in [6, 6.07) is 6.01. The zero-order valence-electron chi connectivity index (χ0n) is 12.0. The normalized spacial score (nSPS) is 12.6. The van der Waals surface area contributed by atoms with E-state index >= 15 is 0 Å². The van der Waals surface area contributed by atoms with Gasteiger partial charge in [0.1, 0.15) is 0 Å². The molecule has 0 saturated heterocycles. The molecule has 0 aliphatic carbocycles. The van der Waals surface area contributed by atoms with Crippen molar-refractivity contribution < 1.29 is 4.79 Å². The molecule has 1 aromatic carbocycles. The molecule has 3 heteroatoms. The quantitative estimate of drug-likeness (QED) is 0.889. The van der Waals surface area contributed by atoms with Gasteiger partial charge in [-0.3, -0.25) is 4.79 Å². The average Bonchev–Trinajstić information content (AvgIpc) is 2.30. The maximum Gasteiger partial charge on any atom is 0.239 e. The number of carbonyl (C=O) groups is 1. The highest BCUT2D eigenvalue weighted by Crippen LogP contribution is 2.19. The first kappa shape index (κ1) is 14.7. The third kappa shape index (κ3) is 3.57. The molecule has 1 atom stereocenters. The number of likely N-dealkylation sites (N-methyl/N-ethyl adjacent to an activating group) is 1. The van der Waals surface area contributed by atoms with Crippen molar-refractivity contribution in [3.05, 3.63) is 34.9 Å². The lowest BCUT2D eigenvalue weighted by atomic mass is 9.97. The predicted octanol–water partition coefficient (Wildman–Crippen LogP) is 2.42. The molecular formula is C15H24N2O. The van der Waals surface area contributed by atoms with Gasteiger partial charge in [0.15, 0.2) is 0 Å². The summed E-state index contributed by atoms with van der Waals surface area (Å²) in [5.74, 6) is 0.475. The van der Waals surface area contributed by atoms with Gasteiger partial charge in [0.05, 0.1) is 6.04 Å². The van der Waals surface area contributed by atoms with Crippen molar-refractivity contribution in [3.8, 4) is 0 Å². The SMILES string of the molecule is Cc1ccc(C(C)C)cc1CN(C)C(=O)C(C)N. The largest absolute Gasteiger partial charge is 0.340 e. The van der Waals surface area contributed by atoms with Gasteiger partial charge in [-0.15, -0.1) is 0 Å². The van der Waals surface area contributed by atoms with Gasteiger partial charge in [-0.1, -0.05) is 32.0 Å². The maximum atomic E-state index is 11.8. The first-order chi connectivity index (χ1) is 8.32. The van der Waals surface area contributed by atoms with E-state index in [1.54, 1.807) is 18.9 Å². The van der Waals surface area contributed by atoms with Crippen molar-refractivity contribution in [1.82, 2.24) is 4.90 Å². The van der Waals surface area contributed by atoms with Crippen molar-refractivity contribution in [2.75, 3.05) is 7.05 Å². The highest BCUT2D eigenvalue weighted by Gasteiger charge is 2.14. The maximum absolute atomic E-state index is 11.8. The first-order valence-electron chi connectivity index (χ1n) is 6.43. The molecule has 2 N–H and O–H groups in total. The smallest absolute Gasteiger partial charge is 0.239 e. The molecule has 0 heterocycles. The monoisotopic (exact) mass is 248 g/mol. The summed E-state index contributed by atoms with van der Waals surface area (Å²) in [5.41, 5.74) is 9.32. The zero-order chi connectivity index (χ0) is 13.9. The summed E-state index contributed by atoms with van der Waals surface area (Å²) in [6.45, 7) is 8.75. The Labute approximate surface area is 110 Å². The minimum Gasteiger partial charge on any atom is -0.340 e. The number of rotatable bonds is 4. The van der Waals surface area contributed by atoms with Gasteiger partial charge in [-0.05, 0) is 36.5 Å². The molecular weight excluding hydrogens is 224 g/mol. The Balaban J connectivity index is 2.90. The number of nitrogens with two attached hydrogens (primary N) is 1. The van der Waals surface area contributed by atoms with Crippen molar-refractivity contribution in [3.63, 3.8) is 0 Å². The highest BCUT2D eigenvalue weighted by atomic mass is 16.2. The topological polar surface area (TPSA) is 46.3 Å². The molecule has 1 unspecified atom stereocenters. The van der Waals surface area contributed by atoms with Crippen molar-refractivity contribution in [2.45, 2.75) is 46.2 Å². The van der Waals surface area contributed by atoms with Gasteiger partial charge in [-0.2, -0.15) is 0 Å². The summed E-state index contributed by atoms with van der Waals surface area (Å²) in [4.78, 5) is 13.5. The van der Waals surface area contributed by atoms with Crippen LogP contribution in [-0.4, -0.2) is 23.9 Å². The van der Waals surface area contributed by atoms with Crippen molar-refractivity contribution >= 4 is 5.91 Å². The van der Waals surface area contributed by atoms with Crippen LogP contribution in [0.4, 0.5) is 0 Å². The zero-order valence-corrected chi connectivity index (χ0v) is 12.0. The molecule has 100 valence electrons. The van der Waals surface area contributed by atoms with E-state index in [2.05, 4.69) is 39.0 Å². The Morgan fingerprint density at radius 2 is 1.94 bits per heavy atom. The van der Waals surface area contributed by atoms with Crippen LogP contribution in [0, 0.1) is 6.92 Å². The molecule has 0 fully saturated rings. The average molecular weight is 248 g/mol. The summed E-state index contributed by atoms with van der Waals surface area (Å²) in [7, 11) is 1.80. The Bertz CT molecular complexity index is 425. The molecule has 1 amide bonds. The third-order valence-corrected chi connectivity index (χ3v) is 3.21. The van der Waals surface area contributed by atoms with E-state index in [1.807, 2.05) is 0 Å². The first-order valence-corrected chi connectivity index (χ1v) is 6.43. The molecule has 0 saturated carbocycles. The molecule has 1 aromatic rings. The lowest BCUT2D eigenvalue weighted by molar-refractivity contribution is -0.131. The number of nitrogens with zero attached hydrogens (tertiary/aromatic N) is 1. The van der Waals surface area contributed by atoms with Crippen LogP contribution in [0.15, 0.2) is 18.2 Å². The molecule has 0 bridgehead atoms. The second-order valence-electron chi connectivity index (χ2n) is 5.32. The standard InChI is InChI=1S/C15H24N2O/c1-10(2)13-7-6-11(3)14(8-13)9-17(5)15(18)12(4)16/h6-8,10,12H,9,16H2,1-5H3. The lowest BCUT2D eigenvalue weighted by Crippen LogP contribution is -2.39. The van der Waals surface area contributed by atoms with Gasteiger partial charge < -0.3 is 10.6 Å². The number of carbonyl (C=O) groups excluding carboxylic acids is 1. The fourth-order valence-corrected chi connectivity index (χ4v) is 1.90. The van der Waals surface area contributed by atoms with Gasteiger partial charge in [0, 0.05) is 13.6 Å². The second-order valence-corrected chi connectivity index (χ2v) is 5.32. The molecule has 18 heavy (non-hydrogen) atoms. The number of aryl methyl sites for hydroxylation is 1. The lowest BCUT2D eigenvalue weighted by Gasteiger charge is -2.21. The minimum absolute atomic E-state index is 0.0237. The third-order valence-electron chi connectivity index (χ3n) is 3.21. The second kappa shape index (κ2) is 6.01. The fraction of sp³-hybridized carbons (Fsp3) is 0.533. The molecule has 1 rings (SSSR count). The number of amides is 1. The van der Waals surface area contributed by atoms with E-state index < -0.39 is 6.04 Å². The van der Waals surface area contributed by atoms with E-state index in [4.69, 9.17) is 5.73 Å². The van der Waals surface area contributed by atoms with Crippen LogP contribution in [0.25, 0.3) is 0 Å². The predicted molar refractivity (Wildman–Crippen MR) is 75.4 cm³/mol. The molecule has 0 aromatic heterocycles. The van der Waals surface area contributed by atoms with Crippen molar-refractivity contribution in [2.24, 2.45) is 5.73 Å². The number of hydrogen-bond donors (Lipinski definition) is 1. The van der Waals surface area contributed by atoms with Crippen molar-refractivity contribution in [1.29, 1.82) is 0 Å². The van der Waals surface area contributed by atoms with Gasteiger partial charge in [0.2, 0.25) is 5.91 Å². The van der Waals surface area contributed by atoms with Crippen LogP contribution in [0.2, 0.25) is 0 Å². The van der Waals surface area contributed by atoms with Gasteiger partial charge in [0.25, 0.3) is 0 Å². The molecule has 3 nitrogen and oxygen atoms in total. The van der Waals surface area contributed by atoms with E-state index in [-0.39, 0.29) is 5.91 Å². The van der Waals surface area contributed by atoms with Crippen LogP contribution in [0.3, 0.4) is 0 Å². The Morgan fingerprint density at radius 3 is 2.44 bits per heavy atom. The molecule has 0 spiro atoms. The minimum atomic E-state index is -0.441. The molecule has 0 radical (unpaired) electrons. The Hall–Kier alpha value is -1.35. The fourth-order valence-electron chi connectivity index (χ4n) is 1.90.